The van der Waals surface area contributed by atoms with Gasteiger partial charge in [0.05, 0.1) is 16.3 Å². The van der Waals surface area contributed by atoms with Gasteiger partial charge in [0.1, 0.15) is 6.33 Å². The van der Waals surface area contributed by atoms with Crippen molar-refractivity contribution >= 4 is 15.5 Å². The largest absolute Gasteiger partial charge is 0.399 e. The van der Waals surface area contributed by atoms with Gasteiger partial charge in [0.2, 0.25) is 0 Å². The van der Waals surface area contributed by atoms with Gasteiger partial charge in [-0.2, -0.15) is 0 Å². The van der Waals surface area contributed by atoms with Crippen LogP contribution in [0.2, 0.25) is 0 Å². The Hall–Kier alpha value is -1.95. The van der Waals surface area contributed by atoms with E-state index in [0.717, 1.165) is 5.69 Å². The summed E-state index contributed by atoms with van der Waals surface area (Å²) in [4.78, 5) is 8.13. The fourth-order valence-electron chi connectivity index (χ4n) is 1.54. The minimum Gasteiger partial charge on any atom is -0.399 e. The zero-order valence-electron chi connectivity index (χ0n) is 9.87. The summed E-state index contributed by atoms with van der Waals surface area (Å²) >= 11 is 0. The number of nitrogen functional groups attached to an aromatic ring is 1. The molecule has 0 bridgehead atoms. The summed E-state index contributed by atoms with van der Waals surface area (Å²) < 4.78 is 24.2. The molecule has 2 rings (SSSR count). The first-order valence-electron chi connectivity index (χ1n) is 5.33. The Morgan fingerprint density at radius 3 is 2.44 bits per heavy atom. The highest BCUT2D eigenvalue weighted by molar-refractivity contribution is 7.90. The molecule has 0 spiro atoms. The van der Waals surface area contributed by atoms with Gasteiger partial charge in [-0.05, 0) is 37.3 Å². The van der Waals surface area contributed by atoms with E-state index in [1.807, 2.05) is 0 Å². The standard InChI is InChI=1S/C12H13N3O2S/c1-9-6-11(15-8-14-9)7-18(16,17)12-4-2-10(13)3-5-12/h2-6,8H,7,13H2,1H3. The number of nitrogens with two attached hydrogens (primary N) is 1. The van der Waals surface area contributed by atoms with Gasteiger partial charge < -0.3 is 5.73 Å². The highest BCUT2D eigenvalue weighted by Gasteiger charge is 2.16. The zero-order valence-corrected chi connectivity index (χ0v) is 10.7. The van der Waals surface area contributed by atoms with E-state index in [9.17, 15) is 8.42 Å². The van der Waals surface area contributed by atoms with E-state index in [-0.39, 0.29) is 10.6 Å². The Morgan fingerprint density at radius 1 is 1.17 bits per heavy atom. The van der Waals surface area contributed by atoms with Crippen molar-refractivity contribution in [1.29, 1.82) is 0 Å². The van der Waals surface area contributed by atoms with Crippen molar-refractivity contribution in [2.45, 2.75) is 17.6 Å². The van der Waals surface area contributed by atoms with E-state index in [0.29, 0.717) is 11.4 Å². The first-order valence-corrected chi connectivity index (χ1v) is 6.98. The normalized spacial score (nSPS) is 11.4. The van der Waals surface area contributed by atoms with Crippen molar-refractivity contribution in [1.82, 2.24) is 9.97 Å². The molecule has 2 aromatic rings. The molecule has 0 unspecified atom stereocenters. The summed E-state index contributed by atoms with van der Waals surface area (Å²) in [5.74, 6) is -0.139. The summed E-state index contributed by atoms with van der Waals surface area (Å²) in [5.41, 5.74) is 7.29. The van der Waals surface area contributed by atoms with Crippen molar-refractivity contribution in [2.24, 2.45) is 0 Å². The highest BCUT2D eigenvalue weighted by atomic mass is 32.2. The van der Waals surface area contributed by atoms with E-state index in [1.165, 1.54) is 18.5 Å². The molecular weight excluding hydrogens is 250 g/mol. The van der Waals surface area contributed by atoms with E-state index in [4.69, 9.17) is 5.73 Å². The van der Waals surface area contributed by atoms with Crippen LogP contribution in [0.15, 0.2) is 41.6 Å². The summed E-state index contributed by atoms with van der Waals surface area (Å²) in [6.07, 6.45) is 1.36. The van der Waals surface area contributed by atoms with Crippen LogP contribution in [0.4, 0.5) is 5.69 Å². The number of sulfone groups is 1. The lowest BCUT2D eigenvalue weighted by molar-refractivity contribution is 0.594. The van der Waals surface area contributed by atoms with Crippen molar-refractivity contribution in [3.63, 3.8) is 0 Å². The average molecular weight is 263 g/mol. The predicted molar refractivity (Wildman–Crippen MR) is 68.5 cm³/mol. The minimum atomic E-state index is -3.39. The van der Waals surface area contributed by atoms with Crippen LogP contribution in [-0.2, 0) is 15.6 Å². The number of aryl methyl sites for hydroxylation is 1. The number of anilines is 1. The van der Waals surface area contributed by atoms with Crippen LogP contribution in [0.3, 0.4) is 0 Å². The third-order valence-corrected chi connectivity index (χ3v) is 4.10. The predicted octanol–water partition coefficient (Wildman–Crippen LogP) is 1.34. The summed E-state index contributed by atoms with van der Waals surface area (Å²) in [7, 11) is -3.39. The second-order valence-electron chi connectivity index (χ2n) is 3.98. The summed E-state index contributed by atoms with van der Waals surface area (Å²) in [6.45, 7) is 1.79. The number of rotatable bonds is 3. The zero-order chi connectivity index (χ0) is 13.2. The van der Waals surface area contributed by atoms with Gasteiger partial charge in [-0.25, -0.2) is 18.4 Å². The van der Waals surface area contributed by atoms with E-state index in [2.05, 4.69) is 9.97 Å². The summed E-state index contributed by atoms with van der Waals surface area (Å²) in [5, 5.41) is 0. The molecule has 0 atom stereocenters. The topological polar surface area (TPSA) is 85.9 Å². The first-order chi connectivity index (χ1) is 8.47. The molecule has 94 valence electrons. The Bertz CT molecular complexity index is 651. The molecule has 0 saturated heterocycles. The molecule has 18 heavy (non-hydrogen) atoms. The molecular formula is C12H13N3O2S. The first kappa shape index (κ1) is 12.5. The number of hydrogen-bond donors (Lipinski definition) is 1. The lowest BCUT2D eigenvalue weighted by atomic mass is 10.3. The molecule has 1 heterocycles. The average Bonchev–Trinajstić information content (AvgIpc) is 2.29. The van der Waals surface area contributed by atoms with E-state index >= 15 is 0 Å². The molecule has 6 heteroatoms. The second kappa shape index (κ2) is 4.73. The molecule has 0 radical (unpaired) electrons. The smallest absolute Gasteiger partial charge is 0.184 e. The molecule has 2 N–H and O–H groups in total. The van der Waals surface area contributed by atoms with Gasteiger partial charge in [0, 0.05) is 11.4 Å². The third kappa shape index (κ3) is 2.84. The number of hydrogen-bond acceptors (Lipinski definition) is 5. The van der Waals surface area contributed by atoms with Crippen LogP contribution >= 0.6 is 0 Å². The molecule has 1 aromatic carbocycles. The van der Waals surface area contributed by atoms with Crippen LogP contribution in [0.1, 0.15) is 11.4 Å². The van der Waals surface area contributed by atoms with Gasteiger partial charge in [-0.1, -0.05) is 0 Å². The number of aromatic nitrogens is 2. The number of nitrogens with zero attached hydrogens (tertiary/aromatic N) is 2. The van der Waals surface area contributed by atoms with Crippen molar-refractivity contribution in [3.05, 3.63) is 48.0 Å². The van der Waals surface area contributed by atoms with Crippen LogP contribution in [-0.4, -0.2) is 18.4 Å². The molecule has 1 aromatic heterocycles. The molecule has 5 nitrogen and oxygen atoms in total. The van der Waals surface area contributed by atoms with Gasteiger partial charge in [0.15, 0.2) is 9.84 Å². The SMILES string of the molecule is Cc1cc(CS(=O)(=O)c2ccc(N)cc2)ncn1. The molecule has 0 aliphatic rings. The minimum absolute atomic E-state index is 0.139. The summed E-state index contributed by atoms with van der Waals surface area (Å²) in [6, 6.07) is 7.79. The highest BCUT2D eigenvalue weighted by Crippen LogP contribution is 2.16. The Morgan fingerprint density at radius 2 is 1.83 bits per heavy atom. The fraction of sp³-hybridized carbons (Fsp3) is 0.167. The van der Waals surface area contributed by atoms with Gasteiger partial charge in [0.25, 0.3) is 0 Å². The Balaban J connectivity index is 2.30. The maximum atomic E-state index is 12.1. The molecule has 0 aliphatic carbocycles. The molecule has 0 saturated carbocycles. The fourth-order valence-corrected chi connectivity index (χ4v) is 2.81. The maximum absolute atomic E-state index is 12.1. The lowest BCUT2D eigenvalue weighted by Gasteiger charge is -2.04. The second-order valence-corrected chi connectivity index (χ2v) is 5.97. The van der Waals surface area contributed by atoms with Crippen LogP contribution in [0.5, 0.6) is 0 Å². The molecule has 0 amide bonds. The quantitative estimate of drug-likeness (QED) is 0.844. The van der Waals surface area contributed by atoms with Crippen LogP contribution < -0.4 is 5.73 Å². The Labute approximate surface area is 106 Å². The maximum Gasteiger partial charge on any atom is 0.184 e. The van der Waals surface area contributed by atoms with Crippen molar-refractivity contribution in [3.8, 4) is 0 Å². The lowest BCUT2D eigenvalue weighted by Crippen LogP contribution is -2.07. The van der Waals surface area contributed by atoms with E-state index < -0.39 is 9.84 Å². The van der Waals surface area contributed by atoms with E-state index in [1.54, 1.807) is 25.1 Å². The van der Waals surface area contributed by atoms with Gasteiger partial charge in [-0.3, -0.25) is 0 Å². The van der Waals surface area contributed by atoms with Crippen LogP contribution in [0, 0.1) is 6.92 Å². The third-order valence-electron chi connectivity index (χ3n) is 2.44. The van der Waals surface area contributed by atoms with Crippen molar-refractivity contribution < 1.29 is 8.42 Å². The van der Waals surface area contributed by atoms with Crippen molar-refractivity contribution in [2.75, 3.05) is 5.73 Å². The Kier molecular flexibility index (Phi) is 3.29. The number of benzene rings is 1. The van der Waals surface area contributed by atoms with Gasteiger partial charge in [-0.15, -0.1) is 0 Å². The molecule has 0 aliphatic heterocycles. The monoisotopic (exact) mass is 263 g/mol. The van der Waals surface area contributed by atoms with Gasteiger partial charge >= 0.3 is 0 Å². The van der Waals surface area contributed by atoms with Crippen LogP contribution in [0.25, 0.3) is 0 Å². The molecule has 0 fully saturated rings.